The Bertz CT molecular complexity index is 398. The average Bonchev–Trinajstić information content (AvgIpc) is 2.74. The van der Waals surface area contributed by atoms with Crippen LogP contribution in [0.3, 0.4) is 0 Å². The number of hydrogen-bond acceptors (Lipinski definition) is 0. The van der Waals surface area contributed by atoms with E-state index in [0.29, 0.717) is 0 Å². The summed E-state index contributed by atoms with van der Waals surface area (Å²) in [6.45, 7) is 17.8. The van der Waals surface area contributed by atoms with Gasteiger partial charge in [0.25, 0.3) is 0 Å². The van der Waals surface area contributed by atoms with Gasteiger partial charge in [-0.1, -0.05) is 162 Å². The lowest BCUT2D eigenvalue weighted by Gasteiger charge is -2.26. The smallest absolute Gasteiger partial charge is 0.0398 e. The molecular formula is C31H62. The van der Waals surface area contributed by atoms with Gasteiger partial charge in [0, 0.05) is 0 Å². The van der Waals surface area contributed by atoms with Gasteiger partial charge < -0.3 is 0 Å². The monoisotopic (exact) mass is 434 g/mol. The maximum atomic E-state index is 2.37. The Hall–Kier alpha value is -0.780. The first-order chi connectivity index (χ1) is 13.9. The Morgan fingerprint density at radius 3 is 0.968 bits per heavy atom. The van der Waals surface area contributed by atoms with E-state index >= 15 is 0 Å². The van der Waals surface area contributed by atoms with Crippen LogP contribution in [0.5, 0.6) is 0 Å². The fourth-order valence-electron chi connectivity index (χ4n) is 4.11. The third-order valence-corrected chi connectivity index (χ3v) is 6.64. The van der Waals surface area contributed by atoms with E-state index in [1.165, 1.54) is 81.8 Å². The zero-order chi connectivity index (χ0) is 22.1. The molecule has 0 nitrogen and oxygen atoms in total. The minimum atomic E-state index is 0. The van der Waals surface area contributed by atoms with Gasteiger partial charge in [-0.2, -0.15) is 0 Å². The molecular weight excluding hydrogens is 372 g/mol. The van der Waals surface area contributed by atoms with Crippen molar-refractivity contribution >= 4 is 0 Å². The van der Waals surface area contributed by atoms with Crippen LogP contribution in [0.2, 0.25) is 0 Å². The van der Waals surface area contributed by atoms with Gasteiger partial charge in [0.05, 0.1) is 0 Å². The SMILES string of the molecule is C.C.CC1CCC(C)CC1.CCC.CCC1CCC(CC)CC1.Cc1ccc(C)cc1. The van der Waals surface area contributed by atoms with Gasteiger partial charge in [0.1, 0.15) is 0 Å². The van der Waals surface area contributed by atoms with Crippen LogP contribution in [0.15, 0.2) is 24.3 Å². The Morgan fingerprint density at radius 1 is 0.548 bits per heavy atom. The first-order valence-electron chi connectivity index (χ1n) is 12.9. The maximum absolute atomic E-state index is 2.37. The molecule has 0 radical (unpaired) electrons. The second-order valence-electron chi connectivity index (χ2n) is 9.93. The standard InChI is InChI=1S/C10H20.C8H16.C8H10.C3H8.2CH4/c1-3-9-5-7-10(4-2)8-6-9;2*1-7-3-5-8(2)6-4-7;1-3-2;;/h9-10H,3-8H2,1-2H3;7-8H,3-6H2,1-2H3;3-6H,1-2H3;3H2,1-2H3;2*1H4. The molecule has 0 aromatic heterocycles. The molecule has 0 aliphatic heterocycles. The molecule has 1 aromatic rings. The molecule has 1 aromatic carbocycles. The Kier molecular flexibility index (Phi) is 25.2. The van der Waals surface area contributed by atoms with Crippen LogP contribution in [0.1, 0.15) is 138 Å². The molecule has 3 rings (SSSR count). The van der Waals surface area contributed by atoms with E-state index in [9.17, 15) is 0 Å². The van der Waals surface area contributed by atoms with Crippen LogP contribution in [-0.4, -0.2) is 0 Å². The van der Waals surface area contributed by atoms with E-state index in [1.54, 1.807) is 0 Å². The van der Waals surface area contributed by atoms with Crippen molar-refractivity contribution in [3.63, 3.8) is 0 Å². The van der Waals surface area contributed by atoms with Crippen molar-refractivity contribution in [1.29, 1.82) is 0 Å². The molecule has 0 heteroatoms. The summed E-state index contributed by atoms with van der Waals surface area (Å²) in [5.41, 5.74) is 2.66. The van der Waals surface area contributed by atoms with Gasteiger partial charge in [-0.25, -0.2) is 0 Å². The first kappa shape index (κ1) is 34.8. The molecule has 0 spiro atoms. The van der Waals surface area contributed by atoms with E-state index in [4.69, 9.17) is 0 Å². The molecule has 0 bridgehead atoms. The molecule has 2 aliphatic rings. The van der Waals surface area contributed by atoms with Crippen molar-refractivity contribution in [2.75, 3.05) is 0 Å². The number of benzene rings is 1. The third kappa shape index (κ3) is 19.6. The summed E-state index contributed by atoms with van der Waals surface area (Å²) < 4.78 is 0. The summed E-state index contributed by atoms with van der Waals surface area (Å²) in [4.78, 5) is 0. The van der Waals surface area contributed by atoms with E-state index in [1.807, 2.05) is 0 Å². The zero-order valence-corrected chi connectivity index (χ0v) is 21.4. The summed E-state index contributed by atoms with van der Waals surface area (Å²) in [6, 6.07) is 8.48. The number of rotatable bonds is 2. The van der Waals surface area contributed by atoms with Gasteiger partial charge in [-0.3, -0.25) is 0 Å². The molecule has 31 heavy (non-hydrogen) atoms. The molecule has 2 fully saturated rings. The average molecular weight is 435 g/mol. The Morgan fingerprint density at radius 2 is 0.774 bits per heavy atom. The van der Waals surface area contributed by atoms with Crippen LogP contribution in [-0.2, 0) is 0 Å². The lowest BCUT2D eigenvalue weighted by atomic mass is 9.80. The Labute approximate surface area is 200 Å². The highest BCUT2D eigenvalue weighted by Crippen LogP contribution is 2.31. The van der Waals surface area contributed by atoms with Gasteiger partial charge >= 0.3 is 0 Å². The quantitative estimate of drug-likeness (QED) is 0.434. The van der Waals surface area contributed by atoms with Crippen molar-refractivity contribution in [2.24, 2.45) is 23.7 Å². The molecule has 186 valence electrons. The summed E-state index contributed by atoms with van der Waals surface area (Å²) in [6.07, 6.45) is 16.0. The van der Waals surface area contributed by atoms with Gasteiger partial charge in [0.15, 0.2) is 0 Å². The highest BCUT2D eigenvalue weighted by atomic mass is 14.2. The molecule has 0 unspecified atom stereocenters. The third-order valence-electron chi connectivity index (χ3n) is 6.64. The highest BCUT2D eigenvalue weighted by molar-refractivity contribution is 5.19. The number of hydrogen-bond donors (Lipinski definition) is 0. The topological polar surface area (TPSA) is 0 Å². The maximum Gasteiger partial charge on any atom is -0.0398 e. The minimum absolute atomic E-state index is 0. The van der Waals surface area contributed by atoms with Crippen molar-refractivity contribution in [2.45, 2.75) is 141 Å². The molecule has 0 amide bonds. The van der Waals surface area contributed by atoms with E-state index in [2.05, 4.69) is 79.7 Å². The van der Waals surface area contributed by atoms with Crippen LogP contribution >= 0.6 is 0 Å². The summed E-state index contributed by atoms with van der Waals surface area (Å²) >= 11 is 0. The normalized spacial score (nSPS) is 24.3. The fraction of sp³-hybridized carbons (Fsp3) is 0.806. The molecule has 0 saturated heterocycles. The highest BCUT2D eigenvalue weighted by Gasteiger charge is 2.17. The van der Waals surface area contributed by atoms with Gasteiger partial charge in [-0.15, -0.1) is 0 Å². The predicted molar refractivity (Wildman–Crippen MR) is 148 cm³/mol. The van der Waals surface area contributed by atoms with E-state index in [-0.39, 0.29) is 14.9 Å². The summed E-state index contributed by atoms with van der Waals surface area (Å²) in [5, 5.41) is 0. The van der Waals surface area contributed by atoms with Gasteiger partial charge in [0.2, 0.25) is 0 Å². The van der Waals surface area contributed by atoms with Gasteiger partial charge in [-0.05, 0) is 37.5 Å². The first-order valence-corrected chi connectivity index (χ1v) is 12.9. The Balaban J connectivity index is -0.000000348. The summed E-state index contributed by atoms with van der Waals surface area (Å²) in [5.74, 6) is 4.18. The molecule has 2 aliphatic carbocycles. The van der Waals surface area contributed by atoms with Crippen molar-refractivity contribution in [3.8, 4) is 0 Å². The van der Waals surface area contributed by atoms with Crippen LogP contribution in [0.4, 0.5) is 0 Å². The van der Waals surface area contributed by atoms with E-state index in [0.717, 1.165) is 23.7 Å². The van der Waals surface area contributed by atoms with Crippen molar-refractivity contribution in [1.82, 2.24) is 0 Å². The fourth-order valence-corrected chi connectivity index (χ4v) is 4.11. The molecule has 0 atom stereocenters. The molecule has 2 saturated carbocycles. The summed E-state index contributed by atoms with van der Waals surface area (Å²) in [7, 11) is 0. The zero-order valence-electron chi connectivity index (χ0n) is 21.4. The van der Waals surface area contributed by atoms with Crippen LogP contribution < -0.4 is 0 Å². The lowest BCUT2D eigenvalue weighted by molar-refractivity contribution is 0.264. The predicted octanol–water partition coefficient (Wildman–Crippen LogP) is 11.4. The molecule has 0 heterocycles. The van der Waals surface area contributed by atoms with Crippen LogP contribution in [0.25, 0.3) is 0 Å². The second-order valence-corrected chi connectivity index (χ2v) is 9.93. The van der Waals surface area contributed by atoms with E-state index < -0.39 is 0 Å². The second kappa shape index (κ2) is 22.4. The number of aryl methyl sites for hydroxylation is 2. The molecule has 0 N–H and O–H groups in total. The van der Waals surface area contributed by atoms with Crippen molar-refractivity contribution < 1.29 is 0 Å². The van der Waals surface area contributed by atoms with Crippen LogP contribution in [0, 0.1) is 37.5 Å². The minimum Gasteiger partial charge on any atom is -0.0776 e. The largest absolute Gasteiger partial charge is 0.0776 e. The van der Waals surface area contributed by atoms with Crippen molar-refractivity contribution in [3.05, 3.63) is 35.4 Å². The lowest BCUT2D eigenvalue weighted by Crippen LogP contribution is -2.12.